The highest BCUT2D eigenvalue weighted by Crippen LogP contribution is 2.24. The van der Waals surface area contributed by atoms with E-state index in [0.717, 1.165) is 5.56 Å². The van der Waals surface area contributed by atoms with Crippen LogP contribution in [0.1, 0.15) is 12.0 Å². The number of hydrogen-bond donors (Lipinski definition) is 3. The largest absolute Gasteiger partial charge is 0.435 e. The van der Waals surface area contributed by atoms with Crippen LogP contribution in [0, 0.1) is 11.7 Å². The number of halogens is 3. The fourth-order valence-electron chi connectivity index (χ4n) is 3.75. The summed E-state index contributed by atoms with van der Waals surface area (Å²) in [5, 5.41) is 13.3. The number of nitrogens with one attached hydrogen (secondary N) is 1. The number of carbonyl (C=O) groups excluding carboxylic acids is 1. The third-order valence-corrected chi connectivity index (χ3v) is 5.42. The first-order valence-corrected chi connectivity index (χ1v) is 10.4. The maximum Gasteiger partial charge on any atom is 0.387 e. The first-order valence-electron chi connectivity index (χ1n) is 10.4. The molecule has 2 heterocycles. The Labute approximate surface area is 189 Å². The number of aromatic nitrogens is 2. The van der Waals surface area contributed by atoms with E-state index < -0.39 is 24.4 Å². The van der Waals surface area contributed by atoms with Gasteiger partial charge < -0.3 is 25.8 Å². The van der Waals surface area contributed by atoms with Gasteiger partial charge in [0.2, 0.25) is 11.7 Å². The van der Waals surface area contributed by atoms with Crippen LogP contribution in [0.3, 0.4) is 0 Å². The number of likely N-dealkylation sites (tertiary alicyclic amines) is 1. The number of alkyl halides is 2. The van der Waals surface area contributed by atoms with Crippen molar-refractivity contribution in [2.24, 2.45) is 11.7 Å². The molecule has 9 nitrogen and oxygen atoms in total. The van der Waals surface area contributed by atoms with Crippen molar-refractivity contribution < 1.29 is 27.8 Å². The quantitative estimate of drug-likeness (QED) is 0.480. The number of piperidine rings is 1. The molecule has 33 heavy (non-hydrogen) atoms. The summed E-state index contributed by atoms with van der Waals surface area (Å²) in [4.78, 5) is 22.4. The predicted octanol–water partition coefficient (Wildman–Crippen LogP) is 1.43. The number of nitrogens with zero attached hydrogens (tertiary/aromatic N) is 4. The van der Waals surface area contributed by atoms with Crippen molar-refractivity contribution in [3.63, 3.8) is 0 Å². The highest BCUT2D eigenvalue weighted by Gasteiger charge is 2.28. The molecule has 0 radical (unpaired) electrons. The zero-order valence-corrected chi connectivity index (χ0v) is 18.1. The van der Waals surface area contributed by atoms with E-state index in [9.17, 15) is 18.7 Å². The van der Waals surface area contributed by atoms with Gasteiger partial charge in [0.1, 0.15) is 12.1 Å². The van der Waals surface area contributed by atoms with E-state index in [2.05, 4.69) is 20.0 Å². The highest BCUT2D eigenvalue weighted by molar-refractivity contribution is 5.75. The normalized spacial score (nSPS) is 18.8. The molecule has 1 aromatic carbocycles. The SMILES string of the molecule is CN(Cc1ccc(OC(F)F)cc1)c1ncnc(NC[C@@H]2CCN(CC(N)=O)C[C@H]2O)c1F. The van der Waals surface area contributed by atoms with E-state index in [1.54, 1.807) is 29.0 Å². The van der Waals surface area contributed by atoms with Gasteiger partial charge >= 0.3 is 6.61 Å². The molecule has 0 bridgehead atoms. The molecule has 180 valence electrons. The molecule has 4 N–H and O–H groups in total. The molecule has 1 amide bonds. The average molecular weight is 468 g/mol. The second kappa shape index (κ2) is 11.1. The molecule has 1 fully saturated rings. The Hall–Kier alpha value is -3.12. The number of benzene rings is 1. The summed E-state index contributed by atoms with van der Waals surface area (Å²) in [6, 6.07) is 6.05. The molecule has 1 saturated heterocycles. The Kier molecular flexibility index (Phi) is 8.28. The minimum atomic E-state index is -2.90. The van der Waals surface area contributed by atoms with Gasteiger partial charge in [0.05, 0.1) is 12.6 Å². The van der Waals surface area contributed by atoms with Gasteiger partial charge in [-0.05, 0) is 30.7 Å². The van der Waals surface area contributed by atoms with Crippen LogP contribution in [0.25, 0.3) is 0 Å². The van der Waals surface area contributed by atoms with E-state index >= 15 is 4.39 Å². The molecule has 0 unspecified atom stereocenters. The minimum absolute atomic E-state index is 0.0132. The maximum absolute atomic E-state index is 15.0. The third-order valence-electron chi connectivity index (χ3n) is 5.42. The summed E-state index contributed by atoms with van der Waals surface area (Å²) in [6.45, 7) is -1.31. The third kappa shape index (κ3) is 6.93. The zero-order valence-electron chi connectivity index (χ0n) is 18.1. The molecule has 1 aromatic heterocycles. The molecular formula is C21H27F3N6O3. The molecule has 12 heteroatoms. The van der Waals surface area contributed by atoms with Crippen molar-refractivity contribution >= 4 is 17.5 Å². The Morgan fingerprint density at radius 2 is 2.09 bits per heavy atom. The number of amides is 1. The van der Waals surface area contributed by atoms with Gasteiger partial charge in [-0.25, -0.2) is 9.97 Å². The Balaban J connectivity index is 1.58. The number of anilines is 2. The van der Waals surface area contributed by atoms with Gasteiger partial charge in [0.25, 0.3) is 0 Å². The molecule has 0 aliphatic carbocycles. The van der Waals surface area contributed by atoms with Gasteiger partial charge in [0.15, 0.2) is 11.6 Å². The molecule has 1 aliphatic heterocycles. The van der Waals surface area contributed by atoms with Crippen molar-refractivity contribution in [1.82, 2.24) is 14.9 Å². The van der Waals surface area contributed by atoms with Gasteiger partial charge in [-0.3, -0.25) is 9.69 Å². The number of hydrogen-bond acceptors (Lipinski definition) is 8. The Morgan fingerprint density at radius 3 is 2.73 bits per heavy atom. The standard InChI is InChI=1S/C21H27F3N6O3/c1-29(9-13-2-4-15(5-3-13)33-21(23)24)20-18(22)19(27-12-28-20)26-8-14-6-7-30(10-16(14)31)11-17(25)32/h2-5,12,14,16,21,31H,6-11H2,1H3,(H2,25,32)(H,26,27,28)/t14-,16+/m0/s1. The summed E-state index contributed by atoms with van der Waals surface area (Å²) >= 11 is 0. The summed E-state index contributed by atoms with van der Waals surface area (Å²) in [5.74, 6) is -1.11. The lowest BCUT2D eigenvalue weighted by Gasteiger charge is -2.35. The average Bonchev–Trinajstić information content (AvgIpc) is 2.74. The number of ether oxygens (including phenoxy) is 1. The van der Waals surface area contributed by atoms with Crippen LogP contribution in [0.15, 0.2) is 30.6 Å². The molecule has 0 saturated carbocycles. The molecule has 2 aromatic rings. The van der Waals surface area contributed by atoms with Crippen molar-refractivity contribution in [2.75, 3.05) is 43.4 Å². The number of nitrogens with two attached hydrogens (primary N) is 1. The smallest absolute Gasteiger partial charge is 0.387 e. The van der Waals surface area contributed by atoms with Crippen molar-refractivity contribution in [3.05, 3.63) is 42.0 Å². The van der Waals surface area contributed by atoms with Crippen LogP contribution in [-0.4, -0.2) is 71.8 Å². The van der Waals surface area contributed by atoms with Crippen LogP contribution in [0.4, 0.5) is 24.8 Å². The van der Waals surface area contributed by atoms with E-state index in [1.165, 1.54) is 18.5 Å². The lowest BCUT2D eigenvalue weighted by atomic mass is 9.94. The second-order valence-corrected chi connectivity index (χ2v) is 7.94. The number of aliphatic hydroxyl groups excluding tert-OH is 1. The van der Waals surface area contributed by atoms with Gasteiger partial charge in [-0.15, -0.1) is 0 Å². The van der Waals surface area contributed by atoms with Crippen LogP contribution >= 0.6 is 0 Å². The van der Waals surface area contributed by atoms with Gasteiger partial charge in [-0.1, -0.05) is 12.1 Å². The number of primary amides is 1. The first kappa shape index (κ1) is 24.5. The minimum Gasteiger partial charge on any atom is -0.435 e. The highest BCUT2D eigenvalue weighted by atomic mass is 19.3. The van der Waals surface area contributed by atoms with E-state index in [0.29, 0.717) is 26.1 Å². The predicted molar refractivity (Wildman–Crippen MR) is 115 cm³/mol. The van der Waals surface area contributed by atoms with Crippen LogP contribution in [-0.2, 0) is 11.3 Å². The molecular weight excluding hydrogens is 441 g/mol. The number of carbonyl (C=O) groups is 1. The van der Waals surface area contributed by atoms with Gasteiger partial charge in [-0.2, -0.15) is 13.2 Å². The van der Waals surface area contributed by atoms with Crippen LogP contribution in [0.5, 0.6) is 5.75 Å². The lowest BCUT2D eigenvalue weighted by Crippen LogP contribution is -2.48. The summed E-state index contributed by atoms with van der Waals surface area (Å²) in [7, 11) is 1.65. The fourth-order valence-corrected chi connectivity index (χ4v) is 3.75. The summed E-state index contributed by atoms with van der Waals surface area (Å²) < 4.78 is 43.9. The van der Waals surface area contributed by atoms with E-state index in [1.807, 2.05) is 0 Å². The number of aliphatic hydroxyl groups is 1. The Bertz CT molecular complexity index is 934. The second-order valence-electron chi connectivity index (χ2n) is 7.94. The van der Waals surface area contributed by atoms with Gasteiger partial charge in [0, 0.05) is 32.6 Å². The molecule has 3 rings (SSSR count). The zero-order chi connectivity index (χ0) is 24.0. The van der Waals surface area contributed by atoms with E-state index in [4.69, 9.17) is 5.73 Å². The van der Waals surface area contributed by atoms with Crippen molar-refractivity contribution in [2.45, 2.75) is 25.7 Å². The molecule has 1 aliphatic rings. The van der Waals surface area contributed by atoms with Crippen molar-refractivity contribution in [1.29, 1.82) is 0 Å². The number of rotatable bonds is 10. The topological polar surface area (TPSA) is 117 Å². The number of β-amino-alcohol motifs (C(OH)–C–C–N with tert-alkyl or cyclic N) is 1. The van der Waals surface area contributed by atoms with Crippen molar-refractivity contribution in [3.8, 4) is 5.75 Å². The molecule has 0 spiro atoms. The fraction of sp³-hybridized carbons (Fsp3) is 0.476. The summed E-state index contributed by atoms with van der Waals surface area (Å²) in [5.41, 5.74) is 5.95. The lowest BCUT2D eigenvalue weighted by molar-refractivity contribution is -0.120. The van der Waals surface area contributed by atoms with Crippen LogP contribution in [0.2, 0.25) is 0 Å². The first-order chi connectivity index (χ1) is 15.7. The van der Waals surface area contributed by atoms with E-state index in [-0.39, 0.29) is 36.4 Å². The van der Waals surface area contributed by atoms with Crippen LogP contribution < -0.4 is 20.7 Å². The maximum atomic E-state index is 15.0. The Morgan fingerprint density at radius 1 is 1.36 bits per heavy atom. The summed E-state index contributed by atoms with van der Waals surface area (Å²) in [6.07, 6.45) is 1.17. The monoisotopic (exact) mass is 468 g/mol. The molecule has 2 atom stereocenters.